The number of nitrogens with one attached hydrogen (secondary N) is 1. The number of aliphatic hydroxyl groups is 1. The average molecular weight is 275 g/mol. The second kappa shape index (κ2) is 6.28. The van der Waals surface area contributed by atoms with Gasteiger partial charge in [0, 0.05) is 12.1 Å². The quantitative estimate of drug-likeness (QED) is 0.879. The van der Waals surface area contributed by atoms with E-state index in [1.165, 1.54) is 35.1 Å². The first-order valence-corrected chi connectivity index (χ1v) is 7.88. The van der Waals surface area contributed by atoms with Crippen molar-refractivity contribution < 1.29 is 5.11 Å². The third-order valence-corrected chi connectivity index (χ3v) is 5.01. The van der Waals surface area contributed by atoms with E-state index in [1.54, 1.807) is 0 Å². The molecule has 20 heavy (non-hydrogen) atoms. The third kappa shape index (κ3) is 3.42. The minimum atomic E-state index is -0.0592. The molecule has 1 aliphatic carbocycles. The Balaban J connectivity index is 2.07. The van der Waals surface area contributed by atoms with E-state index >= 15 is 0 Å². The van der Waals surface area contributed by atoms with E-state index < -0.39 is 0 Å². The molecule has 0 aromatic heterocycles. The van der Waals surface area contributed by atoms with Crippen molar-refractivity contribution in [1.82, 2.24) is 5.32 Å². The van der Waals surface area contributed by atoms with E-state index in [2.05, 4.69) is 45.1 Å². The van der Waals surface area contributed by atoms with Crippen molar-refractivity contribution in [3.05, 3.63) is 34.4 Å². The Bertz CT molecular complexity index is 435. The van der Waals surface area contributed by atoms with Crippen molar-refractivity contribution in [2.75, 3.05) is 6.61 Å². The number of aryl methyl sites for hydroxylation is 3. The van der Waals surface area contributed by atoms with Crippen LogP contribution < -0.4 is 5.32 Å². The topological polar surface area (TPSA) is 32.3 Å². The summed E-state index contributed by atoms with van der Waals surface area (Å²) in [5.41, 5.74) is 5.37. The van der Waals surface area contributed by atoms with Crippen LogP contribution in [0.15, 0.2) is 12.1 Å². The molecule has 1 fully saturated rings. The predicted octanol–water partition coefficient (Wildman–Crippen LogP) is 3.64. The van der Waals surface area contributed by atoms with Crippen LogP contribution in [0.4, 0.5) is 0 Å². The summed E-state index contributed by atoms with van der Waals surface area (Å²) < 4.78 is 0. The van der Waals surface area contributed by atoms with Crippen LogP contribution in [0.25, 0.3) is 0 Å². The number of benzene rings is 1. The molecule has 0 bridgehead atoms. The Morgan fingerprint density at radius 1 is 1.15 bits per heavy atom. The minimum absolute atomic E-state index is 0.0592. The van der Waals surface area contributed by atoms with Gasteiger partial charge < -0.3 is 10.4 Å². The van der Waals surface area contributed by atoms with Gasteiger partial charge in [-0.25, -0.2) is 0 Å². The molecule has 0 radical (unpaired) electrons. The van der Waals surface area contributed by atoms with Crippen LogP contribution in [0.1, 0.15) is 54.9 Å². The fourth-order valence-corrected chi connectivity index (χ4v) is 3.47. The van der Waals surface area contributed by atoms with Crippen LogP contribution in [0.5, 0.6) is 0 Å². The zero-order valence-electron chi connectivity index (χ0n) is 13.4. The van der Waals surface area contributed by atoms with Crippen molar-refractivity contribution in [3.8, 4) is 0 Å². The predicted molar refractivity (Wildman–Crippen MR) is 84.9 cm³/mol. The van der Waals surface area contributed by atoms with E-state index in [0.29, 0.717) is 0 Å². The Morgan fingerprint density at radius 3 is 2.20 bits per heavy atom. The fourth-order valence-electron chi connectivity index (χ4n) is 3.47. The zero-order valence-corrected chi connectivity index (χ0v) is 13.4. The lowest BCUT2D eigenvalue weighted by molar-refractivity contribution is 0.104. The summed E-state index contributed by atoms with van der Waals surface area (Å²) in [6.45, 7) is 9.96. The molecule has 0 amide bonds. The molecular formula is C18H29NO. The molecule has 2 heteroatoms. The summed E-state index contributed by atoms with van der Waals surface area (Å²) in [7, 11) is 0. The molecule has 0 unspecified atom stereocenters. The van der Waals surface area contributed by atoms with E-state index in [1.807, 2.05) is 0 Å². The van der Waals surface area contributed by atoms with Crippen LogP contribution in [0.2, 0.25) is 0 Å². The number of hydrogen-bond acceptors (Lipinski definition) is 2. The van der Waals surface area contributed by atoms with Crippen molar-refractivity contribution in [2.24, 2.45) is 5.92 Å². The molecule has 1 aromatic carbocycles. The maximum Gasteiger partial charge on any atom is 0.0613 e. The molecule has 0 saturated heterocycles. The van der Waals surface area contributed by atoms with E-state index in [9.17, 15) is 5.11 Å². The lowest BCUT2D eigenvalue weighted by Crippen LogP contribution is -2.50. The molecule has 0 aliphatic heterocycles. The molecular weight excluding hydrogens is 246 g/mol. The Hall–Kier alpha value is -0.860. The highest BCUT2D eigenvalue weighted by atomic mass is 16.3. The number of rotatable bonds is 4. The summed E-state index contributed by atoms with van der Waals surface area (Å²) in [4.78, 5) is 0. The van der Waals surface area contributed by atoms with Crippen molar-refractivity contribution in [3.63, 3.8) is 0 Å². The van der Waals surface area contributed by atoms with Crippen LogP contribution in [0.3, 0.4) is 0 Å². The van der Waals surface area contributed by atoms with E-state index in [0.717, 1.165) is 25.3 Å². The third-order valence-electron chi connectivity index (χ3n) is 5.01. The lowest BCUT2D eigenvalue weighted by Gasteiger charge is -2.39. The highest BCUT2D eigenvalue weighted by molar-refractivity contribution is 5.37. The monoisotopic (exact) mass is 275 g/mol. The van der Waals surface area contributed by atoms with Crippen molar-refractivity contribution in [1.29, 1.82) is 0 Å². The molecule has 1 aliphatic rings. The second-order valence-corrected chi connectivity index (χ2v) is 6.85. The molecule has 0 spiro atoms. The summed E-state index contributed by atoms with van der Waals surface area (Å²) in [5.74, 6) is 0.805. The van der Waals surface area contributed by atoms with Gasteiger partial charge in [-0.2, -0.15) is 0 Å². The normalized spacial score (nSPS) is 26.8. The maximum atomic E-state index is 9.83. The first-order chi connectivity index (χ1) is 9.46. The smallest absolute Gasteiger partial charge is 0.0613 e. The van der Waals surface area contributed by atoms with Gasteiger partial charge in [0.05, 0.1) is 6.61 Å². The van der Waals surface area contributed by atoms with Gasteiger partial charge in [-0.1, -0.05) is 24.6 Å². The van der Waals surface area contributed by atoms with Gasteiger partial charge >= 0.3 is 0 Å². The van der Waals surface area contributed by atoms with Crippen LogP contribution in [-0.2, 0) is 6.54 Å². The van der Waals surface area contributed by atoms with Crippen LogP contribution in [0, 0.1) is 26.7 Å². The molecule has 2 nitrogen and oxygen atoms in total. The maximum absolute atomic E-state index is 9.83. The van der Waals surface area contributed by atoms with E-state index in [4.69, 9.17) is 0 Å². The van der Waals surface area contributed by atoms with Gasteiger partial charge in [-0.05, 0) is 69.1 Å². The molecule has 1 saturated carbocycles. The second-order valence-electron chi connectivity index (χ2n) is 6.85. The van der Waals surface area contributed by atoms with Gasteiger partial charge in [-0.15, -0.1) is 0 Å². The molecule has 2 N–H and O–H groups in total. The highest BCUT2D eigenvalue weighted by Crippen LogP contribution is 2.32. The Labute approximate surface area is 123 Å². The Morgan fingerprint density at radius 2 is 1.70 bits per heavy atom. The molecule has 0 heterocycles. The first kappa shape index (κ1) is 15.5. The van der Waals surface area contributed by atoms with Gasteiger partial charge in [0.15, 0.2) is 0 Å². The molecule has 2 rings (SSSR count). The molecule has 0 atom stereocenters. The summed E-state index contributed by atoms with van der Waals surface area (Å²) >= 11 is 0. The van der Waals surface area contributed by atoms with Crippen molar-refractivity contribution in [2.45, 2.75) is 65.5 Å². The standard InChI is InChI=1S/C18H29NO/c1-13-5-7-18(12-20,8-6-13)19-11-17-15(3)9-14(2)10-16(17)4/h9-10,13,19-20H,5-8,11-12H2,1-4H3. The lowest BCUT2D eigenvalue weighted by atomic mass is 9.77. The number of aliphatic hydroxyl groups excluding tert-OH is 1. The summed E-state index contributed by atoms with van der Waals surface area (Å²) in [5, 5.41) is 13.5. The van der Waals surface area contributed by atoms with Crippen molar-refractivity contribution >= 4 is 0 Å². The molecule has 1 aromatic rings. The van der Waals surface area contributed by atoms with Crippen LogP contribution in [-0.4, -0.2) is 17.3 Å². The van der Waals surface area contributed by atoms with Crippen LogP contribution >= 0.6 is 0 Å². The fraction of sp³-hybridized carbons (Fsp3) is 0.667. The molecule has 112 valence electrons. The zero-order chi connectivity index (χ0) is 14.8. The summed E-state index contributed by atoms with van der Waals surface area (Å²) in [6.07, 6.45) is 4.63. The SMILES string of the molecule is Cc1cc(C)c(CNC2(CO)CCC(C)CC2)c(C)c1. The highest BCUT2D eigenvalue weighted by Gasteiger charge is 2.33. The summed E-state index contributed by atoms with van der Waals surface area (Å²) in [6, 6.07) is 4.50. The largest absolute Gasteiger partial charge is 0.394 e. The number of hydrogen-bond donors (Lipinski definition) is 2. The van der Waals surface area contributed by atoms with E-state index in [-0.39, 0.29) is 12.1 Å². The van der Waals surface area contributed by atoms with Gasteiger partial charge in [0.25, 0.3) is 0 Å². The van der Waals surface area contributed by atoms with Gasteiger partial charge in [-0.3, -0.25) is 0 Å². The first-order valence-electron chi connectivity index (χ1n) is 7.88. The van der Waals surface area contributed by atoms with Gasteiger partial charge in [0.1, 0.15) is 0 Å². The minimum Gasteiger partial charge on any atom is -0.394 e. The average Bonchev–Trinajstić information content (AvgIpc) is 2.40. The Kier molecular flexibility index (Phi) is 4.87. The van der Waals surface area contributed by atoms with Gasteiger partial charge in [0.2, 0.25) is 0 Å².